The second-order valence-corrected chi connectivity index (χ2v) is 15.5. The van der Waals surface area contributed by atoms with Gasteiger partial charge in [0.15, 0.2) is 0 Å². The molecule has 6 heteroatoms. The number of fused-ring (bicyclic) bond motifs is 8. The number of halogens is 1. The third-order valence-electron chi connectivity index (χ3n) is 10.7. The lowest BCUT2D eigenvalue weighted by Gasteiger charge is -2.25. The number of nitrogens with zero attached hydrogens (tertiary/aromatic N) is 3. The fourth-order valence-corrected chi connectivity index (χ4v) is 8.17. The summed E-state index contributed by atoms with van der Waals surface area (Å²) in [5.74, 6) is 0. The number of hydrogen-bond donors (Lipinski definition) is 2. The van der Waals surface area contributed by atoms with Gasteiger partial charge in [0.2, 0.25) is 0 Å². The van der Waals surface area contributed by atoms with E-state index >= 15 is 0 Å². The first-order valence-corrected chi connectivity index (χ1v) is 20.5. The molecular weight excluding hydrogens is 787 g/mol. The van der Waals surface area contributed by atoms with Gasteiger partial charge in [-0.05, 0) is 136 Å². The zero-order valence-electron chi connectivity index (χ0n) is 32.3. The highest BCUT2D eigenvalue weighted by Crippen LogP contribution is 2.37. The molecule has 0 saturated carbocycles. The first kappa shape index (κ1) is 36.1. The molecule has 0 saturated heterocycles. The monoisotopic (exact) mass is 823 g/mol. The molecule has 0 aliphatic carbocycles. The Morgan fingerprint density at radius 2 is 0.983 bits per heavy atom. The van der Waals surface area contributed by atoms with E-state index in [9.17, 15) is 0 Å². The fourth-order valence-electron chi connectivity index (χ4n) is 7.72. The van der Waals surface area contributed by atoms with Crippen LogP contribution in [0.25, 0.3) is 80.8 Å². The van der Waals surface area contributed by atoms with E-state index in [1.807, 2.05) is 24.3 Å². The van der Waals surface area contributed by atoms with Crippen LogP contribution in [0.15, 0.2) is 168 Å². The molecule has 0 radical (unpaired) electrons. The minimum absolute atomic E-state index is 0.866. The molecule has 0 amide bonds. The molecule has 5 nitrogen and oxygen atoms in total. The van der Waals surface area contributed by atoms with Crippen LogP contribution in [-0.2, 0) is 0 Å². The summed E-state index contributed by atoms with van der Waals surface area (Å²) in [4.78, 5) is 19.9. The van der Waals surface area contributed by atoms with E-state index in [-0.39, 0.29) is 0 Å². The van der Waals surface area contributed by atoms with Crippen molar-refractivity contribution in [1.82, 2.24) is 19.9 Å². The third-order valence-corrected chi connectivity index (χ3v) is 11.5. The van der Waals surface area contributed by atoms with Gasteiger partial charge >= 0.3 is 0 Å². The van der Waals surface area contributed by atoms with Crippen molar-refractivity contribution < 1.29 is 0 Å². The summed E-state index contributed by atoms with van der Waals surface area (Å²) >= 11 is 3.83. The highest BCUT2D eigenvalue weighted by Gasteiger charge is 2.16. The number of benzene rings is 5. The number of aryl methyl sites for hydroxylation is 1. The van der Waals surface area contributed by atoms with Crippen molar-refractivity contribution in [3.05, 3.63) is 208 Å². The van der Waals surface area contributed by atoms with Crippen LogP contribution in [0.4, 0.5) is 17.1 Å². The van der Waals surface area contributed by atoms with E-state index in [1.165, 1.54) is 5.56 Å². The van der Waals surface area contributed by atoms with Crippen molar-refractivity contribution in [1.29, 1.82) is 0 Å². The summed E-state index contributed by atoms with van der Waals surface area (Å²) in [5, 5.41) is 0. The summed E-state index contributed by atoms with van der Waals surface area (Å²) < 4.78 is 0.905. The molecule has 5 aromatic carbocycles. The minimum Gasteiger partial charge on any atom is -0.355 e. The van der Waals surface area contributed by atoms with Crippen LogP contribution in [0.1, 0.15) is 39.5 Å². The molecule has 0 fully saturated rings. The van der Waals surface area contributed by atoms with Crippen molar-refractivity contribution in [2.45, 2.75) is 6.92 Å². The quantitative estimate of drug-likeness (QED) is 0.157. The predicted molar refractivity (Wildman–Crippen MR) is 252 cm³/mol. The largest absolute Gasteiger partial charge is 0.355 e. The molecule has 0 spiro atoms. The smallest absolute Gasteiger partial charge is 0.0800 e. The predicted octanol–water partition coefficient (Wildman–Crippen LogP) is 14.7. The van der Waals surface area contributed by atoms with Gasteiger partial charge in [-0.3, -0.25) is 0 Å². The van der Waals surface area contributed by atoms with Crippen molar-refractivity contribution in [3.63, 3.8) is 0 Å². The molecular formula is C53H38BrN5. The Kier molecular flexibility index (Phi) is 9.53. The number of nitrogens with one attached hydrogen (secondary N) is 2. The van der Waals surface area contributed by atoms with Crippen molar-refractivity contribution in [2.24, 2.45) is 0 Å². The lowest BCUT2D eigenvalue weighted by molar-refractivity contribution is 1.28. The normalized spacial score (nSPS) is 12.0. The standard InChI is InChI=1S/C53H38BrN5/c1-35-12-20-38(21-13-35)52-47-31-30-46(57-47)51(45-28-24-40(55-45)34-41-25-29-49(56-41)53(54)50-33-32-48(52)58-50)39-22-16-36(17-23-39)14-15-37-18-26-44(27-19-37)59(42-8-4-2-5-9-42)43-10-6-3-7-11-43/h2-34,55,58H,1H3/b15-14+,40-34?,41-34?,51-45?,51-46?,52-47?,52-48?,53-49?,53-50?. The summed E-state index contributed by atoms with van der Waals surface area (Å²) in [6.45, 7) is 2.11. The van der Waals surface area contributed by atoms with Gasteiger partial charge in [0.05, 0.1) is 32.8 Å². The average Bonchev–Trinajstić information content (AvgIpc) is 4.13. The van der Waals surface area contributed by atoms with Gasteiger partial charge in [-0.25, -0.2) is 9.97 Å². The number of H-pyrrole nitrogens is 2. The van der Waals surface area contributed by atoms with E-state index in [4.69, 9.17) is 9.97 Å². The Labute approximate surface area is 351 Å². The molecule has 5 heterocycles. The first-order valence-electron chi connectivity index (χ1n) is 19.7. The SMILES string of the molecule is Cc1ccc(-c2c3nc(c(-c4ccc(/C=C/c5ccc(N(c6ccccc6)c6ccccc6)cc5)cc4)c4ccc(cc5nc(c(Br)c6ccc2[nH]6)C=C5)[nH]4)C=C3)cc1. The summed E-state index contributed by atoms with van der Waals surface area (Å²) in [7, 11) is 0. The zero-order valence-corrected chi connectivity index (χ0v) is 33.9. The van der Waals surface area contributed by atoms with Crippen molar-refractivity contribution >= 4 is 91.5 Å². The Hall–Kier alpha value is -7.28. The van der Waals surface area contributed by atoms with E-state index in [0.717, 1.165) is 99.8 Å². The lowest BCUT2D eigenvalue weighted by Crippen LogP contribution is -2.09. The van der Waals surface area contributed by atoms with Crippen LogP contribution in [0.5, 0.6) is 0 Å². The fraction of sp³-hybridized carbons (Fsp3) is 0.0189. The topological polar surface area (TPSA) is 60.6 Å². The van der Waals surface area contributed by atoms with Crippen molar-refractivity contribution in [2.75, 3.05) is 4.90 Å². The van der Waals surface area contributed by atoms with Crippen LogP contribution in [0.2, 0.25) is 0 Å². The number of rotatable bonds is 7. The number of aromatic nitrogens is 4. The van der Waals surface area contributed by atoms with Crippen LogP contribution in [-0.4, -0.2) is 19.9 Å². The summed E-state index contributed by atoms with van der Waals surface area (Å²) in [6.07, 6.45) is 12.7. The maximum absolute atomic E-state index is 5.36. The van der Waals surface area contributed by atoms with E-state index in [1.54, 1.807) is 0 Å². The Morgan fingerprint density at radius 3 is 1.61 bits per heavy atom. The molecule has 10 rings (SSSR count). The summed E-state index contributed by atoms with van der Waals surface area (Å²) in [6, 6.07) is 57.6. The number of anilines is 3. The lowest BCUT2D eigenvalue weighted by atomic mass is 10.0. The Balaban J connectivity index is 1.04. The molecule has 282 valence electrons. The molecule has 2 N–H and O–H groups in total. The molecule has 8 bridgehead atoms. The minimum atomic E-state index is 0.866. The van der Waals surface area contributed by atoms with Gasteiger partial charge in [-0.1, -0.05) is 115 Å². The number of para-hydroxylation sites is 2. The highest BCUT2D eigenvalue weighted by atomic mass is 79.9. The third kappa shape index (κ3) is 7.38. The van der Waals surface area contributed by atoms with E-state index in [0.29, 0.717) is 0 Å². The van der Waals surface area contributed by atoms with Crippen LogP contribution in [0.3, 0.4) is 0 Å². The Morgan fingerprint density at radius 1 is 0.475 bits per heavy atom. The maximum Gasteiger partial charge on any atom is 0.0800 e. The average molecular weight is 825 g/mol. The second kappa shape index (κ2) is 15.6. The molecule has 3 aromatic heterocycles. The molecule has 0 atom stereocenters. The van der Waals surface area contributed by atoms with Gasteiger partial charge in [0.1, 0.15) is 0 Å². The summed E-state index contributed by atoms with van der Waals surface area (Å²) in [5.41, 5.74) is 18.4. The zero-order chi connectivity index (χ0) is 39.7. The number of hydrogen-bond acceptors (Lipinski definition) is 3. The second-order valence-electron chi connectivity index (χ2n) is 14.7. The molecule has 2 aliphatic heterocycles. The van der Waals surface area contributed by atoms with Gasteiger partial charge in [-0.2, -0.15) is 0 Å². The van der Waals surface area contributed by atoms with Gasteiger partial charge in [-0.15, -0.1) is 0 Å². The van der Waals surface area contributed by atoms with Crippen LogP contribution >= 0.6 is 15.9 Å². The van der Waals surface area contributed by atoms with Crippen molar-refractivity contribution in [3.8, 4) is 22.3 Å². The Bertz CT molecular complexity index is 3040. The van der Waals surface area contributed by atoms with E-state index in [2.05, 4.69) is 214 Å². The van der Waals surface area contributed by atoms with Gasteiger partial charge < -0.3 is 14.9 Å². The van der Waals surface area contributed by atoms with Crippen LogP contribution in [0, 0.1) is 6.92 Å². The molecule has 2 aliphatic rings. The maximum atomic E-state index is 5.36. The van der Waals surface area contributed by atoms with Crippen LogP contribution < -0.4 is 4.90 Å². The van der Waals surface area contributed by atoms with Gasteiger partial charge in [0, 0.05) is 44.7 Å². The van der Waals surface area contributed by atoms with E-state index < -0.39 is 0 Å². The molecule has 8 aromatic rings. The first-order chi connectivity index (χ1) is 29.0. The van der Waals surface area contributed by atoms with Gasteiger partial charge in [0.25, 0.3) is 0 Å². The number of aromatic amines is 2. The highest BCUT2D eigenvalue weighted by molar-refractivity contribution is 9.10. The molecule has 59 heavy (non-hydrogen) atoms. The molecule has 0 unspecified atom stereocenters.